The molecule has 0 spiro atoms. The van der Waals surface area contributed by atoms with Crippen molar-refractivity contribution in [2.75, 3.05) is 25.2 Å². The van der Waals surface area contributed by atoms with Gasteiger partial charge in [-0.15, -0.1) is 0 Å². The Labute approximate surface area is 212 Å². The van der Waals surface area contributed by atoms with Crippen LogP contribution in [-0.2, 0) is 0 Å². The van der Waals surface area contributed by atoms with Crippen molar-refractivity contribution >= 4 is 34.4 Å². The zero-order valence-corrected chi connectivity index (χ0v) is 20.8. The number of nitrogens with zero attached hydrogens (tertiary/aromatic N) is 5. The van der Waals surface area contributed by atoms with Gasteiger partial charge in [0, 0.05) is 48.3 Å². The molecule has 0 radical (unpaired) electrons. The summed E-state index contributed by atoms with van der Waals surface area (Å²) in [7, 11) is 1.52. The Morgan fingerprint density at radius 1 is 1.17 bits per heavy atom. The van der Waals surface area contributed by atoms with Gasteiger partial charge in [0.05, 0.1) is 16.8 Å². The third-order valence-electron chi connectivity index (χ3n) is 6.02. The van der Waals surface area contributed by atoms with Crippen LogP contribution < -0.4 is 10.6 Å². The fourth-order valence-corrected chi connectivity index (χ4v) is 4.84. The molecule has 2 atom stereocenters. The normalized spacial score (nSPS) is 12.5. The van der Waals surface area contributed by atoms with E-state index in [4.69, 9.17) is 5.26 Å². The molecule has 10 heteroatoms. The molecule has 8 nitrogen and oxygen atoms in total. The average Bonchev–Trinajstić information content (AvgIpc) is 2.93. The molecule has 0 saturated heterocycles. The van der Waals surface area contributed by atoms with Gasteiger partial charge in [-0.1, -0.05) is 13.0 Å². The maximum absolute atomic E-state index is 14.8. The molecule has 0 bridgehead atoms. The summed E-state index contributed by atoms with van der Waals surface area (Å²) in [6.07, 6.45) is 6.64. The van der Waals surface area contributed by atoms with Crippen LogP contribution in [0.5, 0.6) is 0 Å². The van der Waals surface area contributed by atoms with E-state index in [-0.39, 0.29) is 28.0 Å². The van der Waals surface area contributed by atoms with E-state index < -0.39 is 5.82 Å². The van der Waals surface area contributed by atoms with Crippen LogP contribution in [0.25, 0.3) is 22.2 Å². The predicted molar refractivity (Wildman–Crippen MR) is 139 cm³/mol. The molecule has 3 heterocycles. The highest BCUT2D eigenvalue weighted by atomic mass is 32.2. The van der Waals surface area contributed by atoms with Gasteiger partial charge in [-0.3, -0.25) is 9.78 Å². The number of hydrogen-bond acceptors (Lipinski definition) is 8. The average molecular weight is 502 g/mol. The highest BCUT2D eigenvalue weighted by Crippen LogP contribution is 2.34. The van der Waals surface area contributed by atoms with Gasteiger partial charge in [0.2, 0.25) is 0 Å². The molecular formula is C26H24FN7OS. The summed E-state index contributed by atoms with van der Waals surface area (Å²) < 4.78 is 14.8. The lowest BCUT2D eigenvalue weighted by Gasteiger charge is -2.24. The van der Waals surface area contributed by atoms with Crippen molar-refractivity contribution in [1.82, 2.24) is 25.3 Å². The topological polar surface area (TPSA) is 116 Å². The number of fused-ring (bicyclic) bond motifs is 1. The number of hydrogen-bond donors (Lipinski definition) is 2. The summed E-state index contributed by atoms with van der Waals surface area (Å²) in [6, 6.07) is 11.9. The maximum atomic E-state index is 14.8. The first-order valence-electron chi connectivity index (χ1n) is 11.2. The second-order valence-electron chi connectivity index (χ2n) is 8.07. The molecule has 0 aliphatic rings. The number of anilines is 1. The molecule has 0 aliphatic heterocycles. The van der Waals surface area contributed by atoms with Crippen LogP contribution in [0.2, 0.25) is 0 Å². The Hall–Kier alpha value is -4.10. The summed E-state index contributed by atoms with van der Waals surface area (Å²) in [4.78, 5) is 29.5. The number of carbonyl (C=O) groups is 1. The van der Waals surface area contributed by atoms with E-state index in [1.807, 2.05) is 18.4 Å². The van der Waals surface area contributed by atoms with Crippen LogP contribution in [-0.4, -0.2) is 50.9 Å². The van der Waals surface area contributed by atoms with Crippen LogP contribution in [0, 0.1) is 17.1 Å². The van der Waals surface area contributed by atoms with E-state index in [2.05, 4.69) is 37.5 Å². The maximum Gasteiger partial charge on any atom is 0.251 e. The zero-order chi connectivity index (χ0) is 25.7. The number of carbonyl (C=O) groups excluding carboxylic acids is 1. The Morgan fingerprint density at radius 2 is 2.00 bits per heavy atom. The molecule has 0 fully saturated rings. The van der Waals surface area contributed by atoms with Crippen LogP contribution in [0.3, 0.4) is 0 Å². The number of nitriles is 1. The zero-order valence-electron chi connectivity index (χ0n) is 20.0. The molecule has 2 N–H and O–H groups in total. The summed E-state index contributed by atoms with van der Waals surface area (Å²) in [6.45, 7) is 2.65. The fourth-order valence-electron chi connectivity index (χ4n) is 4.03. The summed E-state index contributed by atoms with van der Waals surface area (Å²) >= 11 is 1.68. The summed E-state index contributed by atoms with van der Waals surface area (Å²) in [5.41, 5.74) is 3.43. The molecule has 2 unspecified atom stereocenters. The highest BCUT2D eigenvalue weighted by Gasteiger charge is 2.24. The van der Waals surface area contributed by atoms with Crippen molar-refractivity contribution in [3.63, 3.8) is 0 Å². The SMILES string of the molecule is CNC(=O)c1ccnc2c(C(C)C(CNc3cc(-c4ccc(C#N)nc4)ncn3)SC)ccc(F)c12. The molecule has 36 heavy (non-hydrogen) atoms. The third kappa shape index (κ3) is 5.11. The minimum absolute atomic E-state index is 0.00734. The van der Waals surface area contributed by atoms with E-state index in [1.54, 1.807) is 36.2 Å². The lowest BCUT2D eigenvalue weighted by molar-refractivity contribution is 0.0964. The first kappa shape index (κ1) is 25.0. The van der Waals surface area contributed by atoms with Crippen molar-refractivity contribution in [3.8, 4) is 17.3 Å². The van der Waals surface area contributed by atoms with Gasteiger partial charge in [-0.05, 0) is 42.0 Å². The standard InChI is InChI=1S/C26H24FN7OS/c1-15(18-6-7-20(27)24-19(26(35)29-2)8-9-30-25(18)24)22(36-3)13-32-23-10-21(33-14-34-23)16-4-5-17(11-28)31-12-16/h4-10,12,14-15,22H,13H2,1-3H3,(H,29,35)(H,32,33,34). The lowest BCUT2D eigenvalue weighted by atomic mass is 9.93. The molecule has 1 aromatic carbocycles. The number of thioether (sulfide) groups is 1. The van der Waals surface area contributed by atoms with E-state index >= 15 is 0 Å². The monoisotopic (exact) mass is 501 g/mol. The highest BCUT2D eigenvalue weighted by molar-refractivity contribution is 7.99. The van der Waals surface area contributed by atoms with Gasteiger partial charge in [-0.25, -0.2) is 19.3 Å². The number of rotatable bonds is 8. The molecule has 3 aromatic heterocycles. The van der Waals surface area contributed by atoms with Gasteiger partial charge in [0.25, 0.3) is 5.91 Å². The minimum Gasteiger partial charge on any atom is -0.369 e. The van der Waals surface area contributed by atoms with Gasteiger partial charge < -0.3 is 10.6 Å². The van der Waals surface area contributed by atoms with Crippen LogP contribution in [0.15, 0.2) is 55.1 Å². The Balaban J connectivity index is 1.57. The van der Waals surface area contributed by atoms with Crippen LogP contribution in [0.1, 0.15) is 34.5 Å². The fraction of sp³-hybridized carbons (Fsp3) is 0.231. The Bertz CT molecular complexity index is 1440. The smallest absolute Gasteiger partial charge is 0.251 e. The molecule has 182 valence electrons. The molecular weight excluding hydrogens is 477 g/mol. The van der Waals surface area contributed by atoms with Crippen molar-refractivity contribution in [3.05, 3.63) is 77.8 Å². The molecule has 0 saturated carbocycles. The minimum atomic E-state index is -0.475. The van der Waals surface area contributed by atoms with E-state index in [0.29, 0.717) is 29.3 Å². The van der Waals surface area contributed by atoms with Gasteiger partial charge in [0.15, 0.2) is 0 Å². The molecule has 1 amide bonds. The lowest BCUT2D eigenvalue weighted by Crippen LogP contribution is -2.23. The number of aromatic nitrogens is 4. The number of halogens is 1. The second-order valence-corrected chi connectivity index (χ2v) is 9.15. The van der Waals surface area contributed by atoms with Crippen molar-refractivity contribution in [2.45, 2.75) is 18.1 Å². The van der Waals surface area contributed by atoms with Gasteiger partial charge >= 0.3 is 0 Å². The van der Waals surface area contributed by atoms with E-state index in [9.17, 15) is 9.18 Å². The Kier molecular flexibility index (Phi) is 7.71. The van der Waals surface area contributed by atoms with Crippen molar-refractivity contribution in [1.29, 1.82) is 5.26 Å². The number of benzene rings is 1. The number of amides is 1. The van der Waals surface area contributed by atoms with Gasteiger partial charge in [-0.2, -0.15) is 17.0 Å². The third-order valence-corrected chi connectivity index (χ3v) is 7.20. The first-order valence-corrected chi connectivity index (χ1v) is 12.5. The van der Waals surface area contributed by atoms with Crippen LogP contribution >= 0.6 is 11.8 Å². The van der Waals surface area contributed by atoms with E-state index in [0.717, 1.165) is 11.1 Å². The summed E-state index contributed by atoms with van der Waals surface area (Å²) in [5.74, 6) is -0.185. The predicted octanol–water partition coefficient (Wildman–Crippen LogP) is 4.40. The largest absolute Gasteiger partial charge is 0.369 e. The number of nitrogens with one attached hydrogen (secondary N) is 2. The Morgan fingerprint density at radius 3 is 2.69 bits per heavy atom. The second kappa shape index (κ2) is 11.1. The summed E-state index contributed by atoms with van der Waals surface area (Å²) in [5, 5.41) is 15.2. The van der Waals surface area contributed by atoms with Crippen molar-refractivity contribution < 1.29 is 9.18 Å². The first-order chi connectivity index (χ1) is 17.5. The molecule has 4 aromatic rings. The molecule has 0 aliphatic carbocycles. The van der Waals surface area contributed by atoms with Gasteiger partial charge in [0.1, 0.15) is 29.7 Å². The van der Waals surface area contributed by atoms with E-state index in [1.165, 1.54) is 31.7 Å². The number of pyridine rings is 2. The molecule has 4 rings (SSSR count). The van der Waals surface area contributed by atoms with Crippen LogP contribution in [0.4, 0.5) is 10.2 Å². The quantitative estimate of drug-likeness (QED) is 0.365. The van der Waals surface area contributed by atoms with Crippen molar-refractivity contribution in [2.24, 2.45) is 0 Å².